The van der Waals surface area contributed by atoms with Gasteiger partial charge in [0.2, 0.25) is 0 Å². The zero-order valence-electron chi connectivity index (χ0n) is 7.03. The van der Waals surface area contributed by atoms with Crippen molar-refractivity contribution in [1.29, 1.82) is 0 Å². The second-order valence-electron chi connectivity index (χ2n) is 2.17. The first kappa shape index (κ1) is 9.07. The van der Waals surface area contributed by atoms with E-state index in [1.165, 1.54) is 0 Å². The number of nitrogens with zero attached hydrogens (tertiary/aromatic N) is 1. The summed E-state index contributed by atoms with van der Waals surface area (Å²) in [6.07, 6.45) is 5.64. The molecule has 0 radical (unpaired) electrons. The Bertz CT molecular complexity index is 277. The maximum atomic E-state index is 4.19. The number of thioether (sulfide) groups is 1. The summed E-state index contributed by atoms with van der Waals surface area (Å²) in [6, 6.07) is 5.87. The molecular weight excluding hydrogens is 166 g/mol. The van der Waals surface area contributed by atoms with Crippen molar-refractivity contribution in [3.05, 3.63) is 48.0 Å². The minimum absolute atomic E-state index is 1.01. The third-order valence-corrected chi connectivity index (χ3v) is 2.43. The highest BCUT2D eigenvalue weighted by Crippen LogP contribution is 2.24. The van der Waals surface area contributed by atoms with E-state index in [1.807, 2.05) is 37.3 Å². The number of aromatic nitrogens is 1. The zero-order valence-corrected chi connectivity index (χ0v) is 7.84. The normalized spacial score (nSPS) is 11.2. The summed E-state index contributed by atoms with van der Waals surface area (Å²) in [5.41, 5.74) is 0. The van der Waals surface area contributed by atoms with Crippen LogP contribution in [0.2, 0.25) is 0 Å². The van der Waals surface area contributed by atoms with Gasteiger partial charge in [0, 0.05) is 11.1 Å². The molecule has 0 aliphatic rings. The number of rotatable bonds is 3. The van der Waals surface area contributed by atoms with Gasteiger partial charge in [-0.1, -0.05) is 36.6 Å². The van der Waals surface area contributed by atoms with Crippen LogP contribution < -0.4 is 0 Å². The van der Waals surface area contributed by atoms with Crippen molar-refractivity contribution in [2.75, 3.05) is 0 Å². The molecule has 0 bridgehead atoms. The number of allylic oxidation sites excluding steroid dienone is 2. The van der Waals surface area contributed by atoms with E-state index in [-0.39, 0.29) is 0 Å². The van der Waals surface area contributed by atoms with E-state index in [1.54, 1.807) is 18.0 Å². The molecule has 0 unspecified atom stereocenters. The van der Waals surface area contributed by atoms with Gasteiger partial charge in [-0.15, -0.1) is 0 Å². The molecule has 0 N–H and O–H groups in total. The van der Waals surface area contributed by atoms with Crippen LogP contribution in [0, 0.1) is 0 Å². The van der Waals surface area contributed by atoms with Gasteiger partial charge in [0.05, 0.1) is 0 Å². The molecule has 1 nitrogen and oxygen atoms in total. The van der Waals surface area contributed by atoms with E-state index in [2.05, 4.69) is 11.6 Å². The van der Waals surface area contributed by atoms with Crippen LogP contribution in [-0.4, -0.2) is 4.98 Å². The Labute approximate surface area is 77.2 Å². The summed E-state index contributed by atoms with van der Waals surface area (Å²) < 4.78 is 0. The molecule has 0 fully saturated rings. The van der Waals surface area contributed by atoms with Gasteiger partial charge < -0.3 is 0 Å². The van der Waals surface area contributed by atoms with Crippen LogP contribution in [0.4, 0.5) is 0 Å². The van der Waals surface area contributed by atoms with Crippen molar-refractivity contribution < 1.29 is 0 Å². The summed E-state index contributed by atoms with van der Waals surface area (Å²) in [7, 11) is 0. The molecule has 0 saturated heterocycles. The number of pyridine rings is 1. The highest BCUT2D eigenvalue weighted by Gasteiger charge is 1.94. The van der Waals surface area contributed by atoms with Crippen LogP contribution in [-0.2, 0) is 0 Å². The SMILES string of the molecule is C=CC(=CC)Sc1ccccn1. The quantitative estimate of drug-likeness (QED) is 0.519. The molecule has 1 rings (SSSR count). The predicted molar refractivity (Wildman–Crippen MR) is 54.0 cm³/mol. The fourth-order valence-electron chi connectivity index (χ4n) is 0.747. The predicted octanol–water partition coefficient (Wildman–Crippen LogP) is 3.26. The van der Waals surface area contributed by atoms with Gasteiger partial charge in [0.1, 0.15) is 5.03 Å². The molecule has 12 heavy (non-hydrogen) atoms. The number of hydrogen-bond donors (Lipinski definition) is 0. The van der Waals surface area contributed by atoms with E-state index in [0.29, 0.717) is 0 Å². The third kappa shape index (κ3) is 2.55. The maximum Gasteiger partial charge on any atom is 0.101 e. The van der Waals surface area contributed by atoms with Gasteiger partial charge in [-0.3, -0.25) is 0 Å². The van der Waals surface area contributed by atoms with Crippen LogP contribution in [0.15, 0.2) is 53.1 Å². The highest BCUT2D eigenvalue weighted by molar-refractivity contribution is 8.03. The fourth-order valence-corrected chi connectivity index (χ4v) is 1.45. The minimum Gasteiger partial charge on any atom is -0.250 e. The number of hydrogen-bond acceptors (Lipinski definition) is 2. The Kier molecular flexibility index (Phi) is 3.61. The van der Waals surface area contributed by atoms with Gasteiger partial charge in [-0.05, 0) is 19.1 Å². The fraction of sp³-hybridized carbons (Fsp3) is 0.100. The smallest absolute Gasteiger partial charge is 0.101 e. The second kappa shape index (κ2) is 4.78. The van der Waals surface area contributed by atoms with E-state index in [4.69, 9.17) is 0 Å². The van der Waals surface area contributed by atoms with Crippen molar-refractivity contribution in [1.82, 2.24) is 4.98 Å². The van der Waals surface area contributed by atoms with Crippen LogP contribution in [0.25, 0.3) is 0 Å². The monoisotopic (exact) mass is 177 g/mol. The molecule has 0 atom stereocenters. The van der Waals surface area contributed by atoms with Crippen molar-refractivity contribution in [2.45, 2.75) is 11.9 Å². The summed E-state index contributed by atoms with van der Waals surface area (Å²) in [5.74, 6) is 0. The topological polar surface area (TPSA) is 12.9 Å². The lowest BCUT2D eigenvalue weighted by molar-refractivity contribution is 1.14. The standard InChI is InChI=1S/C10H11NS/c1-3-9(4-2)12-10-7-5-6-8-11-10/h3-8H,1H2,2H3. The molecule has 62 valence electrons. The largest absolute Gasteiger partial charge is 0.250 e. The summed E-state index contributed by atoms with van der Waals surface area (Å²) in [4.78, 5) is 5.32. The third-order valence-electron chi connectivity index (χ3n) is 1.35. The molecule has 1 aromatic rings. The lowest BCUT2D eigenvalue weighted by Gasteiger charge is -1.98. The summed E-state index contributed by atoms with van der Waals surface area (Å²) >= 11 is 1.62. The molecular formula is C10H11NS. The van der Waals surface area contributed by atoms with Crippen LogP contribution >= 0.6 is 11.8 Å². The maximum absolute atomic E-state index is 4.19. The minimum atomic E-state index is 1.01. The molecule has 1 aromatic heterocycles. The average Bonchev–Trinajstić information content (AvgIpc) is 2.16. The van der Waals surface area contributed by atoms with E-state index in [0.717, 1.165) is 9.93 Å². The van der Waals surface area contributed by atoms with E-state index in [9.17, 15) is 0 Å². The Hall–Kier alpha value is -1.02. The van der Waals surface area contributed by atoms with Gasteiger partial charge in [-0.25, -0.2) is 4.98 Å². The molecule has 2 heteroatoms. The first-order chi connectivity index (χ1) is 5.86. The van der Waals surface area contributed by atoms with Gasteiger partial charge >= 0.3 is 0 Å². The first-order valence-electron chi connectivity index (χ1n) is 3.74. The molecule has 0 aliphatic heterocycles. The molecule has 0 spiro atoms. The zero-order chi connectivity index (χ0) is 8.81. The van der Waals surface area contributed by atoms with Gasteiger partial charge in [-0.2, -0.15) is 0 Å². The van der Waals surface area contributed by atoms with E-state index >= 15 is 0 Å². The van der Waals surface area contributed by atoms with Crippen molar-refractivity contribution >= 4 is 11.8 Å². The van der Waals surface area contributed by atoms with Crippen molar-refractivity contribution in [2.24, 2.45) is 0 Å². The highest BCUT2D eigenvalue weighted by atomic mass is 32.2. The Morgan fingerprint density at radius 3 is 2.92 bits per heavy atom. The Morgan fingerprint density at radius 1 is 1.58 bits per heavy atom. The lowest BCUT2D eigenvalue weighted by Crippen LogP contribution is -1.76. The Morgan fingerprint density at radius 2 is 2.42 bits per heavy atom. The molecule has 1 heterocycles. The lowest BCUT2D eigenvalue weighted by atomic mass is 10.5. The van der Waals surface area contributed by atoms with E-state index < -0.39 is 0 Å². The van der Waals surface area contributed by atoms with Crippen LogP contribution in [0.1, 0.15) is 6.92 Å². The molecule has 0 amide bonds. The van der Waals surface area contributed by atoms with Gasteiger partial charge in [0.15, 0.2) is 0 Å². The second-order valence-corrected chi connectivity index (χ2v) is 3.26. The van der Waals surface area contributed by atoms with Crippen LogP contribution in [0.5, 0.6) is 0 Å². The van der Waals surface area contributed by atoms with Crippen LogP contribution in [0.3, 0.4) is 0 Å². The molecule has 0 aromatic carbocycles. The average molecular weight is 177 g/mol. The summed E-state index contributed by atoms with van der Waals surface area (Å²) in [6.45, 7) is 5.70. The summed E-state index contributed by atoms with van der Waals surface area (Å²) in [5, 5.41) is 1.01. The van der Waals surface area contributed by atoms with Crippen molar-refractivity contribution in [3.8, 4) is 0 Å². The molecule has 0 saturated carbocycles. The Balaban J connectivity index is 2.70. The van der Waals surface area contributed by atoms with Gasteiger partial charge in [0.25, 0.3) is 0 Å². The molecule has 0 aliphatic carbocycles. The first-order valence-corrected chi connectivity index (χ1v) is 4.56. The van der Waals surface area contributed by atoms with Crippen molar-refractivity contribution in [3.63, 3.8) is 0 Å².